The Morgan fingerprint density at radius 3 is 2.45 bits per heavy atom. The quantitative estimate of drug-likeness (QED) is 0.338. The second-order valence-electron chi connectivity index (χ2n) is 10.2. The van der Waals surface area contributed by atoms with Crippen molar-refractivity contribution < 1.29 is 46.4 Å². The number of sulfone groups is 1. The molecule has 1 amide bonds. The molecule has 3 aliphatic carbocycles. The summed E-state index contributed by atoms with van der Waals surface area (Å²) in [7, 11) is -4.04. The zero-order chi connectivity index (χ0) is 27.6. The van der Waals surface area contributed by atoms with Crippen LogP contribution in [0.15, 0.2) is 35.2 Å². The molecule has 0 bridgehead atoms. The molecule has 5 rings (SSSR count). The molecule has 2 aromatic rings. The first kappa shape index (κ1) is 27.4. The van der Waals surface area contributed by atoms with Crippen LogP contribution in [-0.4, -0.2) is 66.4 Å². The van der Waals surface area contributed by atoms with Gasteiger partial charge in [0.05, 0.1) is 40.6 Å². The number of aliphatic hydroxyl groups is 3. The minimum atomic E-state index is -4.04. The summed E-state index contributed by atoms with van der Waals surface area (Å²) < 4.78 is 73.0. The van der Waals surface area contributed by atoms with E-state index in [1.54, 1.807) is 0 Å². The van der Waals surface area contributed by atoms with Gasteiger partial charge >= 0.3 is 0 Å². The molecule has 206 valence electrons. The predicted octanol–water partition coefficient (Wildman–Crippen LogP) is 2.68. The molecule has 4 unspecified atom stereocenters. The van der Waals surface area contributed by atoms with Crippen LogP contribution in [0.5, 0.6) is 0 Å². The number of anilines is 1. The summed E-state index contributed by atoms with van der Waals surface area (Å²) in [5.74, 6) is -6.25. The molecule has 6 atom stereocenters. The van der Waals surface area contributed by atoms with E-state index >= 15 is 0 Å². The van der Waals surface area contributed by atoms with E-state index in [0.29, 0.717) is 25.0 Å². The largest absolute Gasteiger partial charge is 0.394 e. The van der Waals surface area contributed by atoms with E-state index in [2.05, 4.69) is 5.32 Å². The molecule has 0 radical (unpaired) electrons. The SMILES string of the molecule is O=C(Nc1cc(F)c(F)c(F)c1)c1ccc(Cl)c(S(=O)(=O)[C@H]2C3CCC34C2C[C@]4(O)COCC(O)CO)c1. The Labute approximate surface area is 221 Å². The van der Waals surface area contributed by atoms with Crippen LogP contribution in [-0.2, 0) is 14.6 Å². The van der Waals surface area contributed by atoms with E-state index in [1.165, 1.54) is 12.1 Å². The second kappa shape index (κ2) is 9.46. The minimum absolute atomic E-state index is 0.0924. The summed E-state index contributed by atoms with van der Waals surface area (Å²) in [5.41, 5.74) is -2.36. The van der Waals surface area contributed by atoms with E-state index in [4.69, 9.17) is 21.4 Å². The van der Waals surface area contributed by atoms with Gasteiger partial charge in [-0.2, -0.15) is 0 Å². The lowest BCUT2D eigenvalue weighted by Crippen LogP contribution is -2.85. The molecule has 4 N–H and O–H groups in total. The number of carbonyl (C=O) groups excluding carboxylic acids is 1. The highest BCUT2D eigenvalue weighted by Crippen LogP contribution is 2.80. The van der Waals surface area contributed by atoms with E-state index in [9.17, 15) is 36.6 Å². The molecule has 1 spiro atoms. The number of nitrogens with one attached hydrogen (secondary N) is 1. The van der Waals surface area contributed by atoms with Gasteiger partial charge in [-0.05, 0) is 49.3 Å². The Morgan fingerprint density at radius 2 is 1.87 bits per heavy atom. The van der Waals surface area contributed by atoms with Gasteiger partial charge in [-0.3, -0.25) is 4.79 Å². The molecule has 3 saturated carbocycles. The molecule has 8 nitrogen and oxygen atoms in total. The van der Waals surface area contributed by atoms with E-state index < -0.39 is 62.2 Å². The average Bonchev–Trinajstić information content (AvgIpc) is 2.83. The highest BCUT2D eigenvalue weighted by atomic mass is 35.5. The standard InChI is InChI=1S/C25H25ClF3NO7S/c26-17-2-1-12(23(33)30-13-6-18(27)21(29)19(28)7-13)5-20(17)38(35,36)22-15-3-4-25(15)16(22)8-24(25,34)11-37-10-14(32)9-31/h1-2,5-7,14-16,22,31-32,34H,3-4,8-11H2,(H,30,33)/t14?,15?,16?,22-,24-,25?/m0/s1. The van der Waals surface area contributed by atoms with Gasteiger partial charge in [0.1, 0.15) is 6.10 Å². The van der Waals surface area contributed by atoms with Crippen LogP contribution in [0.3, 0.4) is 0 Å². The van der Waals surface area contributed by atoms with Crippen molar-refractivity contribution >= 4 is 33.0 Å². The molecule has 2 aromatic carbocycles. The van der Waals surface area contributed by atoms with Crippen LogP contribution in [0, 0.1) is 34.7 Å². The number of benzene rings is 2. The first-order valence-electron chi connectivity index (χ1n) is 11.9. The van der Waals surface area contributed by atoms with Crippen molar-refractivity contribution in [3.8, 4) is 0 Å². The number of amides is 1. The zero-order valence-corrected chi connectivity index (χ0v) is 21.4. The van der Waals surface area contributed by atoms with E-state index in [-0.39, 0.29) is 52.6 Å². The van der Waals surface area contributed by atoms with Crippen LogP contribution in [0.25, 0.3) is 0 Å². The Morgan fingerprint density at radius 1 is 1.18 bits per heavy atom. The third kappa shape index (κ3) is 3.96. The topological polar surface area (TPSA) is 133 Å². The maximum absolute atomic E-state index is 13.7. The second-order valence-corrected chi connectivity index (χ2v) is 12.7. The van der Waals surface area contributed by atoms with Gasteiger partial charge in [0.15, 0.2) is 27.3 Å². The van der Waals surface area contributed by atoms with Crippen molar-refractivity contribution in [1.82, 2.24) is 0 Å². The molecule has 0 saturated heterocycles. The molecule has 0 aliphatic heterocycles. The summed E-state index contributed by atoms with van der Waals surface area (Å²) in [4.78, 5) is 12.4. The minimum Gasteiger partial charge on any atom is -0.394 e. The van der Waals surface area contributed by atoms with Crippen molar-refractivity contribution in [2.75, 3.05) is 25.1 Å². The lowest BCUT2D eigenvalue weighted by molar-refractivity contribution is -0.354. The van der Waals surface area contributed by atoms with Gasteiger partial charge in [0, 0.05) is 28.8 Å². The molecule has 0 heterocycles. The molecule has 0 aromatic heterocycles. The smallest absolute Gasteiger partial charge is 0.255 e. The van der Waals surface area contributed by atoms with Crippen LogP contribution in [0.2, 0.25) is 5.02 Å². The van der Waals surface area contributed by atoms with Gasteiger partial charge in [0.2, 0.25) is 0 Å². The summed E-state index contributed by atoms with van der Waals surface area (Å²) in [6.45, 7) is -0.733. The van der Waals surface area contributed by atoms with Crippen molar-refractivity contribution in [3.63, 3.8) is 0 Å². The first-order chi connectivity index (χ1) is 17.9. The Kier molecular flexibility index (Phi) is 6.81. The molecule has 13 heteroatoms. The van der Waals surface area contributed by atoms with E-state index in [1.807, 2.05) is 0 Å². The summed E-state index contributed by atoms with van der Waals surface area (Å²) in [6, 6.07) is 4.77. The molecule has 38 heavy (non-hydrogen) atoms. The number of hydrogen-bond donors (Lipinski definition) is 4. The zero-order valence-electron chi connectivity index (χ0n) is 19.8. The predicted molar refractivity (Wildman–Crippen MR) is 129 cm³/mol. The van der Waals surface area contributed by atoms with Gasteiger partial charge in [0.25, 0.3) is 5.91 Å². The lowest BCUT2D eigenvalue weighted by atomic mass is 9.28. The summed E-state index contributed by atoms with van der Waals surface area (Å²) >= 11 is 6.23. The normalized spacial score (nSPS) is 30.2. The third-order valence-corrected chi connectivity index (χ3v) is 11.1. The average molecular weight is 576 g/mol. The van der Waals surface area contributed by atoms with Gasteiger partial charge in [-0.1, -0.05) is 11.6 Å². The van der Waals surface area contributed by atoms with Gasteiger partial charge in [-0.25, -0.2) is 21.6 Å². The van der Waals surface area contributed by atoms with Crippen molar-refractivity contribution in [2.45, 2.75) is 41.1 Å². The molecular formula is C25H25ClF3NO7S. The first-order valence-corrected chi connectivity index (χ1v) is 13.9. The van der Waals surface area contributed by atoms with Gasteiger partial charge < -0.3 is 25.4 Å². The fourth-order valence-corrected chi connectivity index (χ4v) is 9.47. The highest BCUT2D eigenvalue weighted by molar-refractivity contribution is 7.92. The number of halogens is 4. The lowest BCUT2D eigenvalue weighted by Gasteiger charge is -2.80. The summed E-state index contributed by atoms with van der Waals surface area (Å²) in [5, 5.41) is 30.8. The van der Waals surface area contributed by atoms with Crippen LogP contribution >= 0.6 is 11.6 Å². The number of rotatable bonds is 9. The van der Waals surface area contributed by atoms with Gasteiger partial charge in [-0.15, -0.1) is 0 Å². The summed E-state index contributed by atoms with van der Waals surface area (Å²) in [6.07, 6.45) is 0.285. The Bertz CT molecular complexity index is 1380. The number of aliphatic hydroxyl groups excluding tert-OH is 2. The van der Waals surface area contributed by atoms with Crippen molar-refractivity contribution in [2.24, 2.45) is 17.3 Å². The molecule has 3 aliphatic rings. The highest BCUT2D eigenvalue weighted by Gasteiger charge is 2.83. The monoisotopic (exact) mass is 575 g/mol. The van der Waals surface area contributed by atoms with Crippen molar-refractivity contribution in [1.29, 1.82) is 0 Å². The fourth-order valence-electron chi connectivity index (χ4n) is 6.52. The van der Waals surface area contributed by atoms with E-state index in [0.717, 1.165) is 6.07 Å². The fraction of sp³-hybridized carbons (Fsp3) is 0.480. The van der Waals surface area contributed by atoms with Crippen LogP contribution in [0.4, 0.5) is 18.9 Å². The number of hydrogen-bond acceptors (Lipinski definition) is 7. The maximum atomic E-state index is 13.7. The Hall–Kier alpha value is -2.22. The van der Waals surface area contributed by atoms with Crippen LogP contribution in [0.1, 0.15) is 29.6 Å². The maximum Gasteiger partial charge on any atom is 0.255 e. The Balaban J connectivity index is 1.34. The molecular weight excluding hydrogens is 551 g/mol. The van der Waals surface area contributed by atoms with Crippen molar-refractivity contribution in [3.05, 3.63) is 58.4 Å². The van der Waals surface area contributed by atoms with Crippen LogP contribution < -0.4 is 5.32 Å². The third-order valence-electron chi connectivity index (χ3n) is 8.37. The molecule has 3 fully saturated rings. The number of carbonyl (C=O) groups is 1. The number of ether oxygens (including phenoxy) is 1.